The number of benzene rings is 1. The zero-order chi connectivity index (χ0) is 12.2. The Labute approximate surface area is 94.2 Å². The van der Waals surface area contributed by atoms with E-state index in [0.29, 0.717) is 5.56 Å². The van der Waals surface area contributed by atoms with Gasteiger partial charge < -0.3 is 9.47 Å². The fourth-order valence-corrected chi connectivity index (χ4v) is 1.46. The highest BCUT2D eigenvalue weighted by Gasteiger charge is 2.39. The highest BCUT2D eigenvalue weighted by molar-refractivity contribution is 5.83. The van der Waals surface area contributed by atoms with Crippen molar-refractivity contribution in [1.82, 2.24) is 0 Å². The van der Waals surface area contributed by atoms with Crippen LogP contribution in [0, 0.1) is 0 Å². The summed E-state index contributed by atoms with van der Waals surface area (Å²) in [6, 6.07) is 8.76. The molecule has 0 heterocycles. The first-order valence-corrected chi connectivity index (χ1v) is 4.84. The molecule has 86 valence electrons. The van der Waals surface area contributed by atoms with E-state index in [1.54, 1.807) is 24.3 Å². The fourth-order valence-electron chi connectivity index (χ4n) is 1.46. The van der Waals surface area contributed by atoms with E-state index < -0.39 is 17.5 Å². The first kappa shape index (κ1) is 12.2. The van der Waals surface area contributed by atoms with Crippen LogP contribution in [0.15, 0.2) is 30.3 Å². The maximum atomic E-state index is 11.7. The van der Waals surface area contributed by atoms with Crippen molar-refractivity contribution in [1.29, 1.82) is 0 Å². The molecule has 4 heteroatoms. The number of rotatable bonds is 3. The molecule has 0 aliphatic rings. The minimum atomic E-state index is -1.39. The van der Waals surface area contributed by atoms with E-state index in [-0.39, 0.29) is 0 Å². The molecule has 0 fully saturated rings. The Morgan fingerprint density at radius 1 is 1.19 bits per heavy atom. The van der Waals surface area contributed by atoms with Gasteiger partial charge in [0.05, 0.1) is 7.11 Å². The van der Waals surface area contributed by atoms with Crippen molar-refractivity contribution in [2.75, 3.05) is 7.11 Å². The minimum Gasteiger partial charge on any atom is -0.466 e. The maximum Gasteiger partial charge on any atom is 0.354 e. The van der Waals surface area contributed by atoms with Gasteiger partial charge in [0.1, 0.15) is 0 Å². The van der Waals surface area contributed by atoms with E-state index in [2.05, 4.69) is 4.74 Å². The Bertz CT molecular complexity index is 385. The number of hydrogen-bond donors (Lipinski definition) is 0. The topological polar surface area (TPSA) is 52.6 Å². The van der Waals surface area contributed by atoms with Gasteiger partial charge in [-0.25, -0.2) is 4.79 Å². The van der Waals surface area contributed by atoms with E-state index in [4.69, 9.17) is 4.74 Å². The van der Waals surface area contributed by atoms with Crippen molar-refractivity contribution < 1.29 is 19.1 Å². The smallest absolute Gasteiger partial charge is 0.354 e. The Morgan fingerprint density at radius 3 is 2.19 bits per heavy atom. The van der Waals surface area contributed by atoms with Crippen molar-refractivity contribution in [2.24, 2.45) is 0 Å². The SMILES string of the molecule is COC(=O)[C@@](C)(OC(C)=O)c1ccccc1. The van der Waals surface area contributed by atoms with Crippen LogP contribution in [0.5, 0.6) is 0 Å². The predicted molar refractivity (Wildman–Crippen MR) is 57.6 cm³/mol. The van der Waals surface area contributed by atoms with Crippen LogP contribution in [-0.4, -0.2) is 19.0 Å². The van der Waals surface area contributed by atoms with Gasteiger partial charge in [-0.05, 0) is 6.92 Å². The molecule has 1 aromatic carbocycles. The lowest BCUT2D eigenvalue weighted by Gasteiger charge is -2.26. The molecule has 0 spiro atoms. The van der Waals surface area contributed by atoms with Gasteiger partial charge in [0.25, 0.3) is 0 Å². The standard InChI is InChI=1S/C12H14O4/c1-9(13)16-12(2,11(14)15-3)10-7-5-4-6-8-10/h4-8H,1-3H3/t12-/m0/s1. The lowest BCUT2D eigenvalue weighted by atomic mass is 9.96. The third-order valence-electron chi connectivity index (χ3n) is 2.25. The monoisotopic (exact) mass is 222 g/mol. The molecular formula is C12H14O4. The highest BCUT2D eigenvalue weighted by atomic mass is 16.6. The lowest BCUT2D eigenvalue weighted by molar-refractivity contribution is -0.179. The van der Waals surface area contributed by atoms with Crippen LogP contribution in [-0.2, 0) is 24.7 Å². The van der Waals surface area contributed by atoms with Gasteiger partial charge in [-0.1, -0.05) is 30.3 Å². The number of carbonyl (C=O) groups excluding carboxylic acids is 2. The van der Waals surface area contributed by atoms with Crippen LogP contribution >= 0.6 is 0 Å². The van der Waals surface area contributed by atoms with E-state index in [0.717, 1.165) is 0 Å². The van der Waals surface area contributed by atoms with Crippen LogP contribution in [0.25, 0.3) is 0 Å². The number of esters is 2. The van der Waals surface area contributed by atoms with Crippen LogP contribution < -0.4 is 0 Å². The quantitative estimate of drug-likeness (QED) is 0.729. The largest absolute Gasteiger partial charge is 0.466 e. The molecular weight excluding hydrogens is 208 g/mol. The van der Waals surface area contributed by atoms with Gasteiger partial charge in [0, 0.05) is 12.5 Å². The molecule has 0 radical (unpaired) electrons. The molecule has 1 rings (SSSR count). The summed E-state index contributed by atoms with van der Waals surface area (Å²) in [6.07, 6.45) is 0. The summed E-state index contributed by atoms with van der Waals surface area (Å²) in [5, 5.41) is 0. The molecule has 0 aliphatic heterocycles. The molecule has 0 N–H and O–H groups in total. The Hall–Kier alpha value is -1.84. The molecule has 0 saturated carbocycles. The third-order valence-corrected chi connectivity index (χ3v) is 2.25. The number of methoxy groups -OCH3 is 1. The molecule has 0 aliphatic carbocycles. The molecule has 0 amide bonds. The summed E-state index contributed by atoms with van der Waals surface area (Å²) in [5.74, 6) is -1.13. The van der Waals surface area contributed by atoms with Crippen molar-refractivity contribution in [3.63, 3.8) is 0 Å². The average Bonchev–Trinajstić information content (AvgIpc) is 2.28. The summed E-state index contributed by atoms with van der Waals surface area (Å²) >= 11 is 0. The fraction of sp³-hybridized carbons (Fsp3) is 0.333. The Kier molecular flexibility index (Phi) is 3.66. The van der Waals surface area contributed by atoms with Crippen molar-refractivity contribution in [3.05, 3.63) is 35.9 Å². The maximum absolute atomic E-state index is 11.7. The molecule has 4 nitrogen and oxygen atoms in total. The minimum absolute atomic E-state index is 0.531. The zero-order valence-electron chi connectivity index (χ0n) is 9.52. The molecule has 0 saturated heterocycles. The Morgan fingerprint density at radius 2 is 1.75 bits per heavy atom. The molecule has 0 aromatic heterocycles. The first-order valence-electron chi connectivity index (χ1n) is 4.84. The number of ether oxygens (including phenoxy) is 2. The van der Waals surface area contributed by atoms with Gasteiger partial charge in [-0.15, -0.1) is 0 Å². The van der Waals surface area contributed by atoms with E-state index in [1.165, 1.54) is 21.0 Å². The first-order chi connectivity index (χ1) is 7.50. The van der Waals surface area contributed by atoms with Gasteiger partial charge in [0.15, 0.2) is 0 Å². The van der Waals surface area contributed by atoms with Crippen molar-refractivity contribution in [2.45, 2.75) is 19.4 Å². The molecule has 1 atom stereocenters. The molecule has 1 aromatic rings. The summed E-state index contributed by atoms with van der Waals surface area (Å²) in [4.78, 5) is 22.7. The molecule has 0 bridgehead atoms. The number of hydrogen-bond acceptors (Lipinski definition) is 4. The normalized spacial score (nSPS) is 13.7. The van der Waals surface area contributed by atoms with E-state index in [1.807, 2.05) is 6.07 Å². The van der Waals surface area contributed by atoms with Crippen molar-refractivity contribution >= 4 is 11.9 Å². The van der Waals surface area contributed by atoms with Crippen LogP contribution in [0.4, 0.5) is 0 Å². The summed E-state index contributed by atoms with van der Waals surface area (Å²) in [7, 11) is 1.26. The van der Waals surface area contributed by atoms with Gasteiger partial charge in [-0.2, -0.15) is 0 Å². The summed E-state index contributed by atoms with van der Waals surface area (Å²) in [5.41, 5.74) is -0.806. The van der Waals surface area contributed by atoms with Gasteiger partial charge in [0.2, 0.25) is 5.60 Å². The van der Waals surface area contributed by atoms with Gasteiger partial charge in [-0.3, -0.25) is 4.79 Å². The second kappa shape index (κ2) is 4.79. The second-order valence-electron chi connectivity index (χ2n) is 3.48. The van der Waals surface area contributed by atoms with Crippen LogP contribution in [0.1, 0.15) is 19.4 Å². The summed E-state index contributed by atoms with van der Waals surface area (Å²) < 4.78 is 9.72. The average molecular weight is 222 g/mol. The van der Waals surface area contributed by atoms with E-state index >= 15 is 0 Å². The second-order valence-corrected chi connectivity index (χ2v) is 3.48. The highest BCUT2D eigenvalue weighted by Crippen LogP contribution is 2.26. The van der Waals surface area contributed by atoms with Gasteiger partial charge >= 0.3 is 11.9 Å². The lowest BCUT2D eigenvalue weighted by Crippen LogP contribution is -2.38. The Balaban J connectivity index is 3.14. The molecule has 0 unspecified atom stereocenters. The number of carbonyl (C=O) groups is 2. The molecule has 16 heavy (non-hydrogen) atoms. The van der Waals surface area contributed by atoms with Crippen LogP contribution in [0.2, 0.25) is 0 Å². The third kappa shape index (κ3) is 2.39. The van der Waals surface area contributed by atoms with Crippen LogP contribution in [0.3, 0.4) is 0 Å². The van der Waals surface area contributed by atoms with E-state index in [9.17, 15) is 9.59 Å². The predicted octanol–water partition coefficient (Wildman–Crippen LogP) is 1.64. The van der Waals surface area contributed by atoms with Crippen molar-refractivity contribution in [3.8, 4) is 0 Å². The summed E-state index contributed by atoms with van der Waals surface area (Å²) in [6.45, 7) is 2.76. The zero-order valence-corrected chi connectivity index (χ0v) is 9.52.